The van der Waals surface area contributed by atoms with Crippen molar-refractivity contribution >= 4 is 19.8 Å². The van der Waals surface area contributed by atoms with E-state index in [0.29, 0.717) is 17.4 Å². The molecule has 0 heterocycles. The van der Waals surface area contributed by atoms with Gasteiger partial charge in [-0.25, -0.2) is 4.57 Å². The van der Waals surface area contributed by atoms with E-state index in [1.807, 2.05) is 21.1 Å². The fraction of sp³-hybridized carbons (Fsp3) is 0.953. The molecule has 316 valence electrons. The van der Waals surface area contributed by atoms with Gasteiger partial charge < -0.3 is 18.9 Å². The number of hydrogen-bond donors (Lipinski definition) is 1. The molecule has 0 aromatic carbocycles. The Labute approximate surface area is 327 Å². The molecule has 0 rings (SSSR count). The molecule has 0 amide bonds. The highest BCUT2D eigenvalue weighted by Gasteiger charge is 2.27. The first-order chi connectivity index (χ1) is 25.5. The number of nitrogens with zero attached hydrogens (tertiary/aromatic N) is 1. The Hall–Kier alpha value is -0.990. The van der Waals surface area contributed by atoms with Crippen LogP contribution in [0.1, 0.15) is 213 Å². The van der Waals surface area contributed by atoms with E-state index in [9.17, 15) is 19.0 Å². The number of carbonyl (C=O) groups excluding carboxylic acids is 2. The summed E-state index contributed by atoms with van der Waals surface area (Å²) in [5.74, 6) is -0.790. The minimum Gasteiger partial charge on any atom is -0.462 e. The van der Waals surface area contributed by atoms with Crippen LogP contribution in [0.15, 0.2) is 0 Å². The smallest absolute Gasteiger partial charge is 0.462 e. The maximum absolute atomic E-state index is 12.7. The lowest BCUT2D eigenvalue weighted by Crippen LogP contribution is -2.37. The second-order valence-electron chi connectivity index (χ2n) is 16.5. The van der Waals surface area contributed by atoms with Gasteiger partial charge in [-0.1, -0.05) is 187 Å². The number of likely N-dealkylation sites (N-methyl/N-ethyl adjacent to an activating group) is 1. The molecule has 2 unspecified atom stereocenters. The summed E-state index contributed by atoms with van der Waals surface area (Å²) < 4.78 is 34.2. The Morgan fingerprint density at radius 2 is 0.849 bits per heavy atom. The summed E-state index contributed by atoms with van der Waals surface area (Å²) in [5.41, 5.74) is 0. The molecule has 53 heavy (non-hydrogen) atoms. The highest BCUT2D eigenvalue weighted by molar-refractivity contribution is 7.47. The number of carbonyl (C=O) groups is 2. The standard InChI is InChI=1S/C43H86NO8P/c1-6-8-10-12-14-16-17-18-19-20-21-22-23-24-25-26-27-28-30-32-34-36-43(46)52-41(40-51-53(47,48)50-38-37-44(3,4)5)39-49-42(45)35-33-31-29-15-13-11-9-7-2/h41H,6-40H2,1-5H3/p+1. The Kier molecular flexibility index (Phi) is 36.0. The van der Waals surface area contributed by atoms with E-state index in [0.717, 1.165) is 38.5 Å². The lowest BCUT2D eigenvalue weighted by molar-refractivity contribution is -0.870. The van der Waals surface area contributed by atoms with Gasteiger partial charge in [0.15, 0.2) is 6.10 Å². The SMILES string of the molecule is CCCCCCCCCCCCCCCCCCCCCCCC(=O)OC(COC(=O)CCCCCCCCCC)COP(=O)(O)OCC[N+](C)(C)C. The first-order valence-electron chi connectivity index (χ1n) is 22.3. The molecule has 0 fully saturated rings. The largest absolute Gasteiger partial charge is 0.472 e. The number of rotatable bonds is 41. The molecule has 9 nitrogen and oxygen atoms in total. The molecule has 0 bridgehead atoms. The molecule has 0 saturated heterocycles. The molecule has 10 heteroatoms. The summed E-state index contributed by atoms with van der Waals surface area (Å²) in [5, 5.41) is 0. The maximum Gasteiger partial charge on any atom is 0.472 e. The van der Waals surface area contributed by atoms with Crippen molar-refractivity contribution in [2.45, 2.75) is 219 Å². The van der Waals surface area contributed by atoms with Crippen molar-refractivity contribution in [3.63, 3.8) is 0 Å². The molecule has 2 atom stereocenters. The van der Waals surface area contributed by atoms with Crippen LogP contribution >= 0.6 is 7.82 Å². The third-order valence-electron chi connectivity index (χ3n) is 9.89. The van der Waals surface area contributed by atoms with E-state index in [4.69, 9.17) is 18.5 Å². The highest BCUT2D eigenvalue weighted by Crippen LogP contribution is 2.43. The Balaban J connectivity index is 4.16. The number of unbranched alkanes of at least 4 members (excludes halogenated alkanes) is 27. The summed E-state index contributed by atoms with van der Waals surface area (Å²) in [4.78, 5) is 35.2. The van der Waals surface area contributed by atoms with Crippen molar-refractivity contribution < 1.29 is 42.1 Å². The molecule has 0 aromatic rings. The van der Waals surface area contributed by atoms with Crippen LogP contribution in [0, 0.1) is 0 Å². The van der Waals surface area contributed by atoms with Crippen molar-refractivity contribution in [1.82, 2.24) is 0 Å². The fourth-order valence-electron chi connectivity index (χ4n) is 6.37. The van der Waals surface area contributed by atoms with Crippen LogP contribution in [0.5, 0.6) is 0 Å². The van der Waals surface area contributed by atoms with E-state index in [-0.39, 0.29) is 25.6 Å². The predicted octanol–water partition coefficient (Wildman–Crippen LogP) is 12.4. The minimum atomic E-state index is -4.36. The second-order valence-corrected chi connectivity index (χ2v) is 17.9. The van der Waals surface area contributed by atoms with Crippen LogP contribution in [0.4, 0.5) is 0 Å². The van der Waals surface area contributed by atoms with E-state index in [2.05, 4.69) is 13.8 Å². The second kappa shape index (κ2) is 36.6. The fourth-order valence-corrected chi connectivity index (χ4v) is 7.11. The molecule has 0 spiro atoms. The van der Waals surface area contributed by atoms with E-state index >= 15 is 0 Å². The molecule has 0 aromatic heterocycles. The zero-order chi connectivity index (χ0) is 39.3. The van der Waals surface area contributed by atoms with Crippen molar-refractivity contribution in [3.05, 3.63) is 0 Å². The molecule has 0 aliphatic heterocycles. The van der Waals surface area contributed by atoms with E-state index in [1.165, 1.54) is 148 Å². The predicted molar refractivity (Wildman–Crippen MR) is 220 cm³/mol. The number of ether oxygens (including phenoxy) is 2. The van der Waals surface area contributed by atoms with Crippen LogP contribution in [0.2, 0.25) is 0 Å². The third-order valence-corrected chi connectivity index (χ3v) is 10.9. The summed E-state index contributed by atoms with van der Waals surface area (Å²) in [7, 11) is 1.49. The van der Waals surface area contributed by atoms with Gasteiger partial charge in [0, 0.05) is 12.8 Å². The molecule has 0 aliphatic carbocycles. The number of esters is 2. The van der Waals surface area contributed by atoms with Gasteiger partial charge >= 0.3 is 19.8 Å². The van der Waals surface area contributed by atoms with Crippen LogP contribution in [0.3, 0.4) is 0 Å². The van der Waals surface area contributed by atoms with Gasteiger partial charge in [-0.05, 0) is 12.8 Å². The topological polar surface area (TPSA) is 108 Å². The van der Waals surface area contributed by atoms with Gasteiger partial charge in [-0.3, -0.25) is 18.6 Å². The van der Waals surface area contributed by atoms with Gasteiger partial charge in [-0.15, -0.1) is 0 Å². The lowest BCUT2D eigenvalue weighted by atomic mass is 10.0. The quantitative estimate of drug-likeness (QED) is 0.0283. The van der Waals surface area contributed by atoms with Crippen LogP contribution in [-0.4, -0.2) is 74.9 Å². The first-order valence-corrected chi connectivity index (χ1v) is 23.8. The van der Waals surface area contributed by atoms with Crippen molar-refractivity contribution in [2.24, 2.45) is 0 Å². The van der Waals surface area contributed by atoms with Crippen LogP contribution < -0.4 is 0 Å². The zero-order valence-corrected chi connectivity index (χ0v) is 36.4. The van der Waals surface area contributed by atoms with Crippen LogP contribution in [0.25, 0.3) is 0 Å². The maximum atomic E-state index is 12.7. The number of phosphoric acid groups is 1. The van der Waals surface area contributed by atoms with E-state index < -0.39 is 26.5 Å². The number of hydrogen-bond acceptors (Lipinski definition) is 7. The van der Waals surface area contributed by atoms with Gasteiger partial charge in [-0.2, -0.15) is 0 Å². The van der Waals surface area contributed by atoms with Crippen LogP contribution in [-0.2, 0) is 32.7 Å². The Bertz CT molecular complexity index is 881. The Morgan fingerprint density at radius 3 is 1.21 bits per heavy atom. The third kappa shape index (κ3) is 40.5. The van der Waals surface area contributed by atoms with Gasteiger partial charge in [0.25, 0.3) is 0 Å². The highest BCUT2D eigenvalue weighted by atomic mass is 31.2. The van der Waals surface area contributed by atoms with Gasteiger partial charge in [0.1, 0.15) is 19.8 Å². The van der Waals surface area contributed by atoms with Gasteiger partial charge in [0.05, 0.1) is 27.7 Å². The summed E-state index contributed by atoms with van der Waals surface area (Å²) in [6.45, 7) is 4.42. The summed E-state index contributed by atoms with van der Waals surface area (Å²) in [6.07, 6.45) is 35.9. The number of quaternary nitrogens is 1. The average Bonchev–Trinajstić information content (AvgIpc) is 3.10. The molecular weight excluding hydrogens is 689 g/mol. The molecule has 0 aliphatic rings. The molecular formula is C43H87NO8P+. The monoisotopic (exact) mass is 777 g/mol. The molecule has 1 N–H and O–H groups in total. The minimum absolute atomic E-state index is 0.0365. The summed E-state index contributed by atoms with van der Waals surface area (Å²) in [6, 6.07) is 0. The normalized spacial score (nSPS) is 13.5. The number of phosphoric ester groups is 1. The van der Waals surface area contributed by atoms with Crippen molar-refractivity contribution in [2.75, 3.05) is 47.5 Å². The zero-order valence-electron chi connectivity index (χ0n) is 35.5. The lowest BCUT2D eigenvalue weighted by Gasteiger charge is -2.24. The first kappa shape index (κ1) is 52.0. The van der Waals surface area contributed by atoms with Crippen molar-refractivity contribution in [3.8, 4) is 0 Å². The Morgan fingerprint density at radius 1 is 0.509 bits per heavy atom. The molecule has 0 radical (unpaired) electrons. The van der Waals surface area contributed by atoms with E-state index in [1.54, 1.807) is 0 Å². The average molecular weight is 777 g/mol. The summed E-state index contributed by atoms with van der Waals surface area (Å²) >= 11 is 0. The van der Waals surface area contributed by atoms with Gasteiger partial charge in [0.2, 0.25) is 0 Å². The molecule has 0 saturated carbocycles. The van der Waals surface area contributed by atoms with Crippen molar-refractivity contribution in [1.29, 1.82) is 0 Å².